The lowest BCUT2D eigenvalue weighted by atomic mass is 10.1. The summed E-state index contributed by atoms with van der Waals surface area (Å²) in [6.45, 7) is 2.10. The maximum Gasteiger partial charge on any atom is 0.254 e. The van der Waals surface area contributed by atoms with Gasteiger partial charge in [-0.05, 0) is 17.7 Å². The number of carbonyl (C=O) groups is 2. The zero-order valence-corrected chi connectivity index (χ0v) is 16.4. The molecule has 1 aromatic rings. The molecule has 0 aliphatic carbocycles. The van der Waals surface area contributed by atoms with Crippen LogP contribution in [0.15, 0.2) is 29.3 Å². The van der Waals surface area contributed by atoms with Crippen molar-refractivity contribution in [3.05, 3.63) is 35.4 Å². The third-order valence-corrected chi connectivity index (χ3v) is 3.57. The van der Waals surface area contributed by atoms with Crippen molar-refractivity contribution in [3.8, 4) is 12.3 Å². The van der Waals surface area contributed by atoms with E-state index in [0.717, 1.165) is 5.56 Å². The molecular weight excluding hydrogens is 433 g/mol. The molecule has 1 fully saturated rings. The molecule has 7 nitrogen and oxygen atoms in total. The molecule has 1 heterocycles. The molecule has 0 spiro atoms. The lowest BCUT2D eigenvalue weighted by Gasteiger charge is -2.26. The van der Waals surface area contributed by atoms with Gasteiger partial charge in [0.05, 0.1) is 13.1 Å². The van der Waals surface area contributed by atoms with Gasteiger partial charge in [0.1, 0.15) is 0 Å². The van der Waals surface area contributed by atoms with Crippen molar-refractivity contribution in [2.24, 2.45) is 4.99 Å². The molecule has 1 aliphatic heterocycles. The third-order valence-electron chi connectivity index (χ3n) is 3.57. The summed E-state index contributed by atoms with van der Waals surface area (Å²) in [4.78, 5) is 29.4. The van der Waals surface area contributed by atoms with E-state index in [-0.39, 0.29) is 42.3 Å². The van der Waals surface area contributed by atoms with E-state index < -0.39 is 0 Å². The van der Waals surface area contributed by atoms with Gasteiger partial charge in [-0.3, -0.25) is 14.6 Å². The van der Waals surface area contributed by atoms with Gasteiger partial charge >= 0.3 is 0 Å². The van der Waals surface area contributed by atoms with Crippen LogP contribution in [0.4, 0.5) is 0 Å². The quantitative estimate of drug-likeness (QED) is 0.262. The van der Waals surface area contributed by atoms with Crippen LogP contribution in [0, 0.1) is 12.3 Å². The van der Waals surface area contributed by atoms with Gasteiger partial charge in [-0.25, -0.2) is 0 Å². The fraction of sp³-hybridized carbons (Fsp3) is 0.353. The van der Waals surface area contributed by atoms with E-state index in [1.165, 1.54) is 0 Å². The number of piperazine rings is 1. The number of halogens is 1. The Kier molecular flexibility index (Phi) is 8.77. The van der Waals surface area contributed by atoms with Crippen molar-refractivity contribution in [1.82, 2.24) is 20.9 Å². The summed E-state index contributed by atoms with van der Waals surface area (Å²) in [5, 5.41) is 8.81. The van der Waals surface area contributed by atoms with Crippen LogP contribution in [0.2, 0.25) is 0 Å². The molecule has 1 aromatic carbocycles. The summed E-state index contributed by atoms with van der Waals surface area (Å²) in [6, 6.07) is 7.28. The lowest BCUT2D eigenvalue weighted by Crippen LogP contribution is -2.49. The van der Waals surface area contributed by atoms with E-state index in [9.17, 15) is 9.59 Å². The van der Waals surface area contributed by atoms with Crippen LogP contribution in [0.1, 0.15) is 15.9 Å². The van der Waals surface area contributed by atoms with Crippen LogP contribution in [0.3, 0.4) is 0 Å². The Hall–Kier alpha value is -2.28. The molecular formula is C17H22IN5O2. The number of amides is 2. The molecule has 0 radical (unpaired) electrons. The molecule has 0 unspecified atom stereocenters. The maximum absolute atomic E-state index is 12.4. The molecule has 1 saturated heterocycles. The molecule has 0 bridgehead atoms. The van der Waals surface area contributed by atoms with Gasteiger partial charge in [0.25, 0.3) is 5.91 Å². The second-order valence-corrected chi connectivity index (χ2v) is 5.26. The highest BCUT2D eigenvalue weighted by atomic mass is 127. The zero-order chi connectivity index (χ0) is 17.4. The first-order valence-electron chi connectivity index (χ1n) is 7.67. The monoisotopic (exact) mass is 455 g/mol. The summed E-state index contributed by atoms with van der Waals surface area (Å²) in [5.41, 5.74) is 1.58. The number of hydrogen-bond donors (Lipinski definition) is 3. The first-order valence-corrected chi connectivity index (χ1v) is 7.67. The topological polar surface area (TPSA) is 85.8 Å². The number of benzene rings is 1. The Balaban J connectivity index is 0.00000312. The van der Waals surface area contributed by atoms with Gasteiger partial charge in [0.2, 0.25) is 5.91 Å². The summed E-state index contributed by atoms with van der Waals surface area (Å²) in [6.07, 6.45) is 5.20. The van der Waals surface area contributed by atoms with Crippen molar-refractivity contribution < 1.29 is 9.59 Å². The van der Waals surface area contributed by atoms with Crippen molar-refractivity contribution in [1.29, 1.82) is 0 Å². The number of rotatable bonds is 4. The highest BCUT2D eigenvalue weighted by Crippen LogP contribution is 2.09. The maximum atomic E-state index is 12.4. The van der Waals surface area contributed by atoms with E-state index in [1.807, 2.05) is 12.1 Å². The van der Waals surface area contributed by atoms with Gasteiger partial charge in [-0.15, -0.1) is 30.4 Å². The van der Waals surface area contributed by atoms with Gasteiger partial charge < -0.3 is 20.9 Å². The number of guanidine groups is 1. The molecule has 8 heteroatoms. The second kappa shape index (κ2) is 10.6. The van der Waals surface area contributed by atoms with Crippen LogP contribution in [0.5, 0.6) is 0 Å². The van der Waals surface area contributed by atoms with E-state index >= 15 is 0 Å². The average molecular weight is 455 g/mol. The average Bonchev–Trinajstić information content (AvgIpc) is 2.62. The zero-order valence-electron chi connectivity index (χ0n) is 14.0. The summed E-state index contributed by atoms with van der Waals surface area (Å²) < 4.78 is 0. The molecule has 0 saturated carbocycles. The number of aliphatic imine (C=N–C) groups is 1. The Labute approximate surface area is 164 Å². The minimum atomic E-state index is -0.129. The Bertz CT molecular complexity index is 667. The van der Waals surface area contributed by atoms with E-state index in [1.54, 1.807) is 24.1 Å². The molecule has 0 aromatic heterocycles. The van der Waals surface area contributed by atoms with Crippen molar-refractivity contribution >= 4 is 41.8 Å². The molecule has 2 amide bonds. The van der Waals surface area contributed by atoms with E-state index in [0.29, 0.717) is 37.7 Å². The van der Waals surface area contributed by atoms with Crippen LogP contribution < -0.4 is 16.0 Å². The van der Waals surface area contributed by atoms with Crippen LogP contribution in [0.25, 0.3) is 0 Å². The minimum absolute atomic E-state index is 0. The first kappa shape index (κ1) is 20.8. The molecule has 1 aliphatic rings. The van der Waals surface area contributed by atoms with E-state index in [4.69, 9.17) is 6.42 Å². The number of nitrogens with zero attached hydrogens (tertiary/aromatic N) is 2. The Morgan fingerprint density at radius 1 is 1.36 bits per heavy atom. The number of terminal acetylenes is 1. The van der Waals surface area contributed by atoms with E-state index in [2.05, 4.69) is 26.9 Å². The predicted octanol–water partition coefficient (Wildman–Crippen LogP) is 0.175. The minimum Gasteiger partial charge on any atom is -0.353 e. The summed E-state index contributed by atoms with van der Waals surface area (Å²) >= 11 is 0. The van der Waals surface area contributed by atoms with Crippen molar-refractivity contribution in [2.75, 3.05) is 33.2 Å². The standard InChI is InChI=1S/C17H21N5O2.HI/c1-3-8-20-17(18-2)21-11-13-4-6-14(7-5-13)16(24)22-10-9-19-15(23)12-22;/h1,4-7H,8-12H2,2H3,(H,19,23)(H2,18,20,21);1H. The second-order valence-electron chi connectivity index (χ2n) is 5.26. The van der Waals surface area contributed by atoms with Gasteiger partial charge in [0.15, 0.2) is 5.96 Å². The van der Waals surface area contributed by atoms with Crippen LogP contribution >= 0.6 is 24.0 Å². The Morgan fingerprint density at radius 2 is 2.08 bits per heavy atom. The van der Waals surface area contributed by atoms with Gasteiger partial charge in [-0.1, -0.05) is 18.1 Å². The molecule has 134 valence electrons. The van der Waals surface area contributed by atoms with Gasteiger partial charge in [0, 0.05) is 32.2 Å². The van der Waals surface area contributed by atoms with Crippen LogP contribution in [-0.2, 0) is 11.3 Å². The summed E-state index contributed by atoms with van der Waals surface area (Å²) in [7, 11) is 1.67. The van der Waals surface area contributed by atoms with Gasteiger partial charge in [-0.2, -0.15) is 0 Å². The predicted molar refractivity (Wildman–Crippen MR) is 108 cm³/mol. The molecule has 25 heavy (non-hydrogen) atoms. The first-order chi connectivity index (χ1) is 11.6. The third kappa shape index (κ3) is 6.26. The number of nitrogens with one attached hydrogen (secondary N) is 3. The lowest BCUT2D eigenvalue weighted by molar-refractivity contribution is -0.123. The van der Waals surface area contributed by atoms with Crippen molar-refractivity contribution in [2.45, 2.75) is 6.54 Å². The number of hydrogen-bond acceptors (Lipinski definition) is 3. The summed E-state index contributed by atoms with van der Waals surface area (Å²) in [5.74, 6) is 2.85. The van der Waals surface area contributed by atoms with Crippen LogP contribution in [-0.4, -0.2) is 55.9 Å². The molecule has 2 rings (SSSR count). The fourth-order valence-corrected chi connectivity index (χ4v) is 2.30. The fourth-order valence-electron chi connectivity index (χ4n) is 2.30. The Morgan fingerprint density at radius 3 is 2.68 bits per heavy atom. The molecule has 3 N–H and O–H groups in total. The number of carbonyl (C=O) groups excluding carboxylic acids is 2. The van der Waals surface area contributed by atoms with Crippen molar-refractivity contribution in [3.63, 3.8) is 0 Å². The SMILES string of the molecule is C#CCNC(=NC)NCc1ccc(C(=O)N2CCNC(=O)C2)cc1.I. The highest BCUT2D eigenvalue weighted by Gasteiger charge is 2.21. The largest absolute Gasteiger partial charge is 0.353 e. The smallest absolute Gasteiger partial charge is 0.254 e. The highest BCUT2D eigenvalue weighted by molar-refractivity contribution is 14.0. The normalized spacial score (nSPS) is 14.0. The molecule has 0 atom stereocenters.